The molecule has 92 valence electrons. The van der Waals surface area contributed by atoms with E-state index in [1.165, 1.54) is 25.0 Å². The van der Waals surface area contributed by atoms with Crippen molar-refractivity contribution in [3.63, 3.8) is 0 Å². The van der Waals surface area contributed by atoms with Gasteiger partial charge in [0.05, 0.1) is 6.07 Å². The SMILES string of the molecule is CCCNCc1cccn1CC1(CC#N)CC1. The van der Waals surface area contributed by atoms with Crippen molar-refractivity contribution in [1.29, 1.82) is 5.26 Å². The predicted octanol–water partition coefficient (Wildman–Crippen LogP) is 2.68. The lowest BCUT2D eigenvalue weighted by atomic mass is 10.0. The third-order valence-electron chi connectivity index (χ3n) is 3.57. The predicted molar refractivity (Wildman–Crippen MR) is 68.3 cm³/mol. The van der Waals surface area contributed by atoms with Gasteiger partial charge in [0.25, 0.3) is 0 Å². The fraction of sp³-hybridized carbons (Fsp3) is 0.643. The summed E-state index contributed by atoms with van der Waals surface area (Å²) in [7, 11) is 0. The molecule has 1 aromatic rings. The summed E-state index contributed by atoms with van der Waals surface area (Å²) in [6.07, 6.45) is 6.42. The molecular formula is C14H21N3. The Morgan fingerprint density at radius 1 is 1.53 bits per heavy atom. The fourth-order valence-corrected chi connectivity index (χ4v) is 2.25. The molecule has 1 aromatic heterocycles. The maximum atomic E-state index is 8.84. The molecule has 0 radical (unpaired) electrons. The largest absolute Gasteiger partial charge is 0.350 e. The summed E-state index contributed by atoms with van der Waals surface area (Å²) >= 11 is 0. The monoisotopic (exact) mass is 231 g/mol. The van der Waals surface area contributed by atoms with E-state index < -0.39 is 0 Å². The first-order valence-corrected chi connectivity index (χ1v) is 6.51. The highest BCUT2D eigenvalue weighted by molar-refractivity contribution is 5.10. The average molecular weight is 231 g/mol. The Morgan fingerprint density at radius 2 is 2.35 bits per heavy atom. The topological polar surface area (TPSA) is 40.8 Å². The second-order valence-corrected chi connectivity index (χ2v) is 5.14. The van der Waals surface area contributed by atoms with Crippen LogP contribution in [0.2, 0.25) is 0 Å². The minimum absolute atomic E-state index is 0.285. The van der Waals surface area contributed by atoms with Gasteiger partial charge >= 0.3 is 0 Å². The highest BCUT2D eigenvalue weighted by atomic mass is 15.0. The van der Waals surface area contributed by atoms with Crippen LogP contribution in [0.5, 0.6) is 0 Å². The Morgan fingerprint density at radius 3 is 3.00 bits per heavy atom. The molecule has 1 aliphatic carbocycles. The van der Waals surface area contributed by atoms with Gasteiger partial charge in [0.2, 0.25) is 0 Å². The number of aromatic nitrogens is 1. The van der Waals surface area contributed by atoms with E-state index in [2.05, 4.69) is 41.2 Å². The summed E-state index contributed by atoms with van der Waals surface area (Å²) in [5.74, 6) is 0. The highest BCUT2D eigenvalue weighted by Gasteiger charge is 2.42. The highest BCUT2D eigenvalue weighted by Crippen LogP contribution is 2.50. The van der Waals surface area contributed by atoms with Crippen molar-refractivity contribution in [2.24, 2.45) is 5.41 Å². The Kier molecular flexibility index (Phi) is 3.86. The van der Waals surface area contributed by atoms with Crippen LogP contribution in [0.25, 0.3) is 0 Å². The molecule has 2 rings (SSSR count). The summed E-state index contributed by atoms with van der Waals surface area (Å²) in [4.78, 5) is 0. The lowest BCUT2D eigenvalue weighted by Crippen LogP contribution is -2.19. The Hall–Kier alpha value is -1.27. The van der Waals surface area contributed by atoms with E-state index in [1.54, 1.807) is 0 Å². The molecule has 1 aliphatic rings. The zero-order valence-electron chi connectivity index (χ0n) is 10.6. The molecule has 0 amide bonds. The minimum atomic E-state index is 0.285. The number of nitriles is 1. The molecule has 0 bridgehead atoms. The van der Waals surface area contributed by atoms with Crippen LogP contribution >= 0.6 is 0 Å². The average Bonchev–Trinajstić information content (AvgIpc) is 2.92. The van der Waals surface area contributed by atoms with Gasteiger partial charge in [-0.2, -0.15) is 5.26 Å². The van der Waals surface area contributed by atoms with Crippen LogP contribution in [0.3, 0.4) is 0 Å². The van der Waals surface area contributed by atoms with E-state index in [0.29, 0.717) is 6.42 Å². The molecule has 0 unspecified atom stereocenters. The second-order valence-electron chi connectivity index (χ2n) is 5.14. The van der Waals surface area contributed by atoms with E-state index in [0.717, 1.165) is 19.6 Å². The number of nitrogens with one attached hydrogen (secondary N) is 1. The smallest absolute Gasteiger partial charge is 0.0628 e. The summed E-state index contributed by atoms with van der Waals surface area (Å²) in [5.41, 5.74) is 1.62. The standard InChI is InChI=1S/C14H21N3/c1-2-9-16-11-13-4-3-10-17(13)12-14(5-6-14)7-8-15/h3-4,10,16H,2,5-7,9,11-12H2,1H3. The first-order valence-electron chi connectivity index (χ1n) is 6.51. The van der Waals surface area contributed by atoms with Crippen LogP contribution in [0.15, 0.2) is 18.3 Å². The summed E-state index contributed by atoms with van der Waals surface area (Å²) < 4.78 is 2.31. The number of rotatable bonds is 7. The molecule has 17 heavy (non-hydrogen) atoms. The third-order valence-corrected chi connectivity index (χ3v) is 3.57. The van der Waals surface area contributed by atoms with Gasteiger partial charge in [-0.25, -0.2) is 0 Å². The van der Waals surface area contributed by atoms with Gasteiger partial charge in [0.15, 0.2) is 0 Å². The molecule has 1 fully saturated rings. The second kappa shape index (κ2) is 5.37. The van der Waals surface area contributed by atoms with Crippen LogP contribution in [0.4, 0.5) is 0 Å². The van der Waals surface area contributed by atoms with Gasteiger partial charge in [-0.05, 0) is 37.9 Å². The molecule has 0 atom stereocenters. The van der Waals surface area contributed by atoms with Crippen LogP contribution in [0.1, 0.15) is 38.3 Å². The van der Waals surface area contributed by atoms with Crippen LogP contribution in [-0.4, -0.2) is 11.1 Å². The normalized spacial score (nSPS) is 16.7. The van der Waals surface area contributed by atoms with Gasteiger partial charge in [0.1, 0.15) is 0 Å². The summed E-state index contributed by atoms with van der Waals surface area (Å²) in [6, 6.07) is 6.60. The molecule has 3 heteroatoms. The zero-order chi connectivity index (χ0) is 12.1. The molecule has 0 saturated heterocycles. The van der Waals surface area contributed by atoms with Gasteiger partial charge < -0.3 is 9.88 Å². The third kappa shape index (κ3) is 3.10. The summed E-state index contributed by atoms with van der Waals surface area (Å²) in [5, 5.41) is 12.3. The zero-order valence-corrected chi connectivity index (χ0v) is 10.6. The van der Waals surface area contributed by atoms with E-state index >= 15 is 0 Å². The van der Waals surface area contributed by atoms with E-state index in [4.69, 9.17) is 5.26 Å². The molecule has 0 aliphatic heterocycles. The lowest BCUT2D eigenvalue weighted by Gasteiger charge is -2.15. The molecule has 0 spiro atoms. The van der Waals surface area contributed by atoms with E-state index in [9.17, 15) is 0 Å². The van der Waals surface area contributed by atoms with Gasteiger partial charge in [0, 0.05) is 36.8 Å². The maximum Gasteiger partial charge on any atom is 0.0628 e. The van der Waals surface area contributed by atoms with E-state index in [-0.39, 0.29) is 5.41 Å². The van der Waals surface area contributed by atoms with Crippen LogP contribution in [-0.2, 0) is 13.1 Å². The molecule has 1 heterocycles. The van der Waals surface area contributed by atoms with Crippen molar-refractivity contribution in [2.75, 3.05) is 6.54 Å². The van der Waals surface area contributed by atoms with Crippen molar-refractivity contribution < 1.29 is 0 Å². The maximum absolute atomic E-state index is 8.84. The molecule has 1 N–H and O–H groups in total. The molecular weight excluding hydrogens is 210 g/mol. The first kappa shape index (κ1) is 12.2. The quantitative estimate of drug-likeness (QED) is 0.733. The number of nitrogens with zero attached hydrogens (tertiary/aromatic N) is 2. The van der Waals surface area contributed by atoms with Gasteiger partial charge in [-0.15, -0.1) is 0 Å². The molecule has 3 nitrogen and oxygen atoms in total. The van der Waals surface area contributed by atoms with Crippen molar-refractivity contribution >= 4 is 0 Å². The minimum Gasteiger partial charge on any atom is -0.350 e. The van der Waals surface area contributed by atoms with Crippen LogP contribution in [0, 0.1) is 16.7 Å². The number of hydrogen-bond donors (Lipinski definition) is 1. The van der Waals surface area contributed by atoms with E-state index in [1.807, 2.05) is 0 Å². The van der Waals surface area contributed by atoms with Gasteiger partial charge in [-0.3, -0.25) is 0 Å². The summed E-state index contributed by atoms with van der Waals surface area (Å²) in [6.45, 7) is 5.19. The van der Waals surface area contributed by atoms with Crippen molar-refractivity contribution in [3.05, 3.63) is 24.0 Å². The Balaban J connectivity index is 1.93. The van der Waals surface area contributed by atoms with Crippen molar-refractivity contribution in [3.8, 4) is 6.07 Å². The Labute approximate surface area is 103 Å². The number of hydrogen-bond acceptors (Lipinski definition) is 2. The fourth-order valence-electron chi connectivity index (χ4n) is 2.25. The lowest BCUT2D eigenvalue weighted by molar-refractivity contribution is 0.421. The molecule has 0 aromatic carbocycles. The first-order chi connectivity index (χ1) is 8.29. The Bertz CT molecular complexity index is 396. The van der Waals surface area contributed by atoms with Crippen molar-refractivity contribution in [1.82, 2.24) is 9.88 Å². The van der Waals surface area contributed by atoms with Crippen molar-refractivity contribution in [2.45, 2.75) is 45.7 Å². The van der Waals surface area contributed by atoms with Gasteiger partial charge in [-0.1, -0.05) is 6.92 Å². The molecule has 1 saturated carbocycles. The van der Waals surface area contributed by atoms with Crippen LogP contribution < -0.4 is 5.32 Å².